The number of fused-ring (bicyclic) bond motifs is 1. The van der Waals surface area contributed by atoms with E-state index in [1.807, 2.05) is 26.0 Å². The third-order valence-corrected chi connectivity index (χ3v) is 6.17. The van der Waals surface area contributed by atoms with Crippen molar-refractivity contribution in [3.63, 3.8) is 0 Å². The van der Waals surface area contributed by atoms with Gasteiger partial charge in [-0.05, 0) is 55.7 Å². The maximum Gasteiger partial charge on any atom is 0.251 e. The van der Waals surface area contributed by atoms with Crippen LogP contribution in [0.25, 0.3) is 0 Å². The van der Waals surface area contributed by atoms with Crippen LogP contribution < -0.4 is 11.1 Å². The summed E-state index contributed by atoms with van der Waals surface area (Å²) in [4.78, 5) is 25.4. The van der Waals surface area contributed by atoms with Gasteiger partial charge in [-0.15, -0.1) is 11.3 Å². The molecule has 2 amide bonds. The van der Waals surface area contributed by atoms with Gasteiger partial charge in [0.15, 0.2) is 0 Å². The zero-order chi connectivity index (χ0) is 19.6. The lowest BCUT2D eigenvalue weighted by atomic mass is 9.88. The highest BCUT2D eigenvalue weighted by atomic mass is 32.1. The molecule has 3 N–H and O–H groups in total. The predicted octanol–water partition coefficient (Wildman–Crippen LogP) is 3.74. The number of rotatable bonds is 6. The molecule has 1 unspecified atom stereocenters. The van der Waals surface area contributed by atoms with E-state index in [1.165, 1.54) is 16.9 Å². The van der Waals surface area contributed by atoms with E-state index in [2.05, 4.69) is 18.3 Å². The summed E-state index contributed by atoms with van der Waals surface area (Å²) in [6, 6.07) is 6.14. The number of nitrogens with one attached hydrogen (secondary N) is 1. The van der Waals surface area contributed by atoms with E-state index in [-0.39, 0.29) is 12.5 Å². The average molecular weight is 387 g/mol. The number of ether oxygens (including phenoxy) is 1. The lowest BCUT2D eigenvalue weighted by Gasteiger charge is -2.18. The molecule has 1 aromatic carbocycles. The number of primary amides is 1. The van der Waals surface area contributed by atoms with Gasteiger partial charge >= 0.3 is 0 Å². The summed E-state index contributed by atoms with van der Waals surface area (Å²) in [5.41, 5.74) is 10.5. The Morgan fingerprint density at radius 1 is 1.33 bits per heavy atom. The van der Waals surface area contributed by atoms with E-state index in [0.29, 0.717) is 23.1 Å². The summed E-state index contributed by atoms with van der Waals surface area (Å²) in [7, 11) is 0. The highest BCUT2D eigenvalue weighted by Crippen LogP contribution is 2.39. The second kappa shape index (κ2) is 8.23. The first-order valence-electron chi connectivity index (χ1n) is 9.23. The Bertz CT molecular complexity index is 873. The molecule has 0 bridgehead atoms. The molecule has 0 aliphatic heterocycles. The number of carbonyl (C=O) groups excluding carboxylic acids is 2. The highest BCUT2D eigenvalue weighted by Gasteiger charge is 2.27. The lowest BCUT2D eigenvalue weighted by molar-refractivity contribution is -0.121. The SMILES string of the molecule is Cc1ccc(COCC(=O)Nc2sc3c(c2C(N)=O)CCC(C)C3)c(C)c1. The van der Waals surface area contributed by atoms with Crippen molar-refractivity contribution in [2.75, 3.05) is 11.9 Å². The minimum Gasteiger partial charge on any atom is -0.367 e. The van der Waals surface area contributed by atoms with Crippen LogP contribution >= 0.6 is 11.3 Å². The summed E-state index contributed by atoms with van der Waals surface area (Å²) in [6.07, 6.45) is 2.81. The first kappa shape index (κ1) is 19.6. The summed E-state index contributed by atoms with van der Waals surface area (Å²) in [5.74, 6) is -0.163. The first-order valence-corrected chi connectivity index (χ1v) is 10.0. The van der Waals surface area contributed by atoms with E-state index >= 15 is 0 Å². The number of hydrogen-bond donors (Lipinski definition) is 2. The summed E-state index contributed by atoms with van der Waals surface area (Å²) in [6.45, 7) is 6.59. The van der Waals surface area contributed by atoms with Crippen LogP contribution in [0.3, 0.4) is 0 Å². The van der Waals surface area contributed by atoms with E-state index in [4.69, 9.17) is 10.5 Å². The van der Waals surface area contributed by atoms with Crippen molar-refractivity contribution in [1.82, 2.24) is 0 Å². The van der Waals surface area contributed by atoms with Crippen LogP contribution in [-0.4, -0.2) is 18.4 Å². The van der Waals surface area contributed by atoms with Crippen LogP contribution in [0.2, 0.25) is 0 Å². The monoisotopic (exact) mass is 386 g/mol. The van der Waals surface area contributed by atoms with Gasteiger partial charge in [-0.2, -0.15) is 0 Å². The fraction of sp³-hybridized carbons (Fsp3) is 0.429. The number of nitrogens with two attached hydrogens (primary N) is 1. The minimum absolute atomic E-state index is 0.0650. The number of thiophene rings is 1. The largest absolute Gasteiger partial charge is 0.367 e. The molecule has 2 aromatic rings. The topological polar surface area (TPSA) is 81.4 Å². The Hall–Kier alpha value is -2.18. The number of hydrogen-bond acceptors (Lipinski definition) is 4. The molecule has 6 heteroatoms. The molecule has 1 aromatic heterocycles. The molecule has 27 heavy (non-hydrogen) atoms. The van der Waals surface area contributed by atoms with Crippen molar-refractivity contribution in [2.45, 2.75) is 46.6 Å². The van der Waals surface area contributed by atoms with Crippen molar-refractivity contribution >= 4 is 28.2 Å². The Morgan fingerprint density at radius 3 is 2.81 bits per heavy atom. The van der Waals surface area contributed by atoms with Crippen molar-refractivity contribution in [3.05, 3.63) is 50.9 Å². The van der Waals surface area contributed by atoms with Crippen molar-refractivity contribution in [2.24, 2.45) is 11.7 Å². The molecule has 0 saturated carbocycles. The fourth-order valence-corrected chi connectivity index (χ4v) is 4.96. The Labute approximate surface area is 163 Å². The standard InChI is InChI=1S/C21H26N2O3S/c1-12-4-6-15(14(3)8-12)10-26-11-18(24)23-21-19(20(22)25)16-7-5-13(2)9-17(16)27-21/h4,6,8,13H,5,7,9-11H2,1-3H3,(H2,22,25)(H,23,24). The number of benzene rings is 1. The third kappa shape index (κ3) is 4.57. The molecule has 1 aliphatic carbocycles. The molecule has 0 saturated heterocycles. The van der Waals surface area contributed by atoms with Gasteiger partial charge in [0.25, 0.3) is 11.8 Å². The van der Waals surface area contributed by atoms with Crippen LogP contribution in [0.1, 0.15) is 50.8 Å². The summed E-state index contributed by atoms with van der Waals surface area (Å²) >= 11 is 1.47. The normalized spacial score (nSPS) is 16.0. The molecule has 0 radical (unpaired) electrons. The summed E-state index contributed by atoms with van der Waals surface area (Å²) in [5, 5.41) is 3.38. The van der Waals surface area contributed by atoms with Gasteiger partial charge < -0.3 is 15.8 Å². The molecule has 0 spiro atoms. The molecule has 1 aliphatic rings. The van der Waals surface area contributed by atoms with Gasteiger partial charge in [0.05, 0.1) is 12.2 Å². The van der Waals surface area contributed by atoms with E-state index in [1.54, 1.807) is 0 Å². The number of carbonyl (C=O) groups is 2. The van der Waals surface area contributed by atoms with Crippen LogP contribution in [0.5, 0.6) is 0 Å². The molecule has 3 rings (SSSR count). The smallest absolute Gasteiger partial charge is 0.251 e. The second-order valence-electron chi connectivity index (χ2n) is 7.39. The van der Waals surface area contributed by atoms with Crippen LogP contribution in [0.15, 0.2) is 18.2 Å². The van der Waals surface area contributed by atoms with Gasteiger partial charge in [-0.3, -0.25) is 9.59 Å². The van der Waals surface area contributed by atoms with Crippen molar-refractivity contribution in [1.29, 1.82) is 0 Å². The van der Waals surface area contributed by atoms with Crippen molar-refractivity contribution < 1.29 is 14.3 Å². The highest BCUT2D eigenvalue weighted by molar-refractivity contribution is 7.17. The van der Waals surface area contributed by atoms with E-state index < -0.39 is 5.91 Å². The van der Waals surface area contributed by atoms with E-state index in [0.717, 1.165) is 40.8 Å². The molecule has 1 heterocycles. The van der Waals surface area contributed by atoms with Gasteiger partial charge in [-0.1, -0.05) is 30.7 Å². The molecule has 1 atom stereocenters. The van der Waals surface area contributed by atoms with Gasteiger partial charge in [0, 0.05) is 4.88 Å². The van der Waals surface area contributed by atoms with Crippen LogP contribution in [0, 0.1) is 19.8 Å². The zero-order valence-corrected chi connectivity index (χ0v) is 16.9. The first-order chi connectivity index (χ1) is 12.8. The quantitative estimate of drug-likeness (QED) is 0.793. The Balaban J connectivity index is 1.63. The van der Waals surface area contributed by atoms with Crippen LogP contribution in [-0.2, 0) is 29.0 Å². The molecule has 5 nitrogen and oxygen atoms in total. The molecular formula is C21H26N2O3S. The minimum atomic E-state index is -0.478. The number of amides is 2. The van der Waals surface area contributed by atoms with Gasteiger partial charge in [0.2, 0.25) is 0 Å². The van der Waals surface area contributed by atoms with Crippen molar-refractivity contribution in [3.8, 4) is 0 Å². The Morgan fingerprint density at radius 2 is 2.11 bits per heavy atom. The van der Waals surface area contributed by atoms with Crippen LogP contribution in [0.4, 0.5) is 5.00 Å². The van der Waals surface area contributed by atoms with E-state index in [9.17, 15) is 9.59 Å². The number of anilines is 1. The maximum absolute atomic E-state index is 12.3. The number of aryl methyl sites for hydroxylation is 2. The maximum atomic E-state index is 12.3. The predicted molar refractivity (Wildman–Crippen MR) is 108 cm³/mol. The third-order valence-electron chi connectivity index (χ3n) is 5.00. The Kier molecular flexibility index (Phi) is 5.97. The average Bonchev–Trinajstić information content (AvgIpc) is 2.93. The molecule has 144 valence electrons. The zero-order valence-electron chi connectivity index (χ0n) is 16.1. The van der Waals surface area contributed by atoms with Gasteiger partial charge in [0.1, 0.15) is 11.6 Å². The molecule has 0 fully saturated rings. The fourth-order valence-electron chi connectivity index (χ4n) is 3.52. The summed E-state index contributed by atoms with van der Waals surface area (Å²) < 4.78 is 5.57. The van der Waals surface area contributed by atoms with Gasteiger partial charge in [-0.25, -0.2) is 0 Å². The molecular weight excluding hydrogens is 360 g/mol. The second-order valence-corrected chi connectivity index (χ2v) is 8.50. The lowest BCUT2D eigenvalue weighted by Crippen LogP contribution is -2.21.